The van der Waals surface area contributed by atoms with Crippen LogP contribution in [0.3, 0.4) is 0 Å². The van der Waals surface area contributed by atoms with E-state index in [1.54, 1.807) is 30.7 Å². The number of hydrogen-bond donors (Lipinski definition) is 1. The molecule has 2 rings (SSSR count). The molecule has 2 aromatic heterocycles. The molecule has 0 amide bonds. The van der Waals surface area contributed by atoms with Crippen molar-refractivity contribution in [2.24, 2.45) is 0 Å². The molecule has 6 nitrogen and oxygen atoms in total. The van der Waals surface area contributed by atoms with Gasteiger partial charge >= 0.3 is 0 Å². The number of halogens is 1. The normalized spacial score (nSPS) is 12.4. The largest absolute Gasteiger partial charge is 0.289 e. The summed E-state index contributed by atoms with van der Waals surface area (Å²) in [6.45, 7) is 0. The van der Waals surface area contributed by atoms with Crippen LogP contribution in [0.15, 0.2) is 30.7 Å². The van der Waals surface area contributed by atoms with Crippen LogP contribution in [0.5, 0.6) is 0 Å². The molecule has 1 N–H and O–H groups in total. The lowest BCUT2D eigenvalue weighted by Crippen LogP contribution is -2.18. The lowest BCUT2D eigenvalue weighted by Gasteiger charge is -2.10. The summed E-state index contributed by atoms with van der Waals surface area (Å²) < 4.78 is 22.5. The summed E-state index contributed by atoms with van der Waals surface area (Å²) in [7, 11) is 1.45. The first-order valence-corrected chi connectivity index (χ1v) is 6.04. The molecule has 0 fully saturated rings. The minimum Gasteiger partial charge on any atom is -0.289 e. The summed E-state index contributed by atoms with van der Waals surface area (Å²) in [6, 6.07) is 3.56. The molecule has 0 saturated carbocycles. The second-order valence-corrected chi connectivity index (χ2v) is 4.56. The van der Waals surface area contributed by atoms with Crippen molar-refractivity contribution < 1.29 is 8.76 Å². The van der Waals surface area contributed by atoms with Gasteiger partial charge in [0, 0.05) is 13.2 Å². The van der Waals surface area contributed by atoms with Crippen molar-refractivity contribution in [3.05, 3.63) is 35.9 Å². The average Bonchev–Trinajstić information content (AvgIpc) is 2.71. The molecule has 0 aliphatic rings. The first kappa shape index (κ1) is 12.0. The van der Waals surface area contributed by atoms with E-state index in [1.807, 2.05) is 0 Å². The zero-order chi connectivity index (χ0) is 12.4. The highest BCUT2D eigenvalue weighted by molar-refractivity contribution is 7.80. The second-order valence-electron chi connectivity index (χ2n) is 3.19. The molecular weight excluding hydrogens is 264 g/mol. The van der Waals surface area contributed by atoms with Gasteiger partial charge in [-0.15, -0.1) is 0 Å². The van der Waals surface area contributed by atoms with E-state index in [4.69, 9.17) is 16.2 Å². The van der Waals surface area contributed by atoms with Crippen LogP contribution in [0.4, 0.5) is 5.69 Å². The zero-order valence-corrected chi connectivity index (χ0v) is 10.4. The highest BCUT2D eigenvalue weighted by Gasteiger charge is 2.15. The number of rotatable bonds is 3. The molecule has 0 saturated heterocycles. The van der Waals surface area contributed by atoms with Gasteiger partial charge < -0.3 is 0 Å². The first-order valence-electron chi connectivity index (χ1n) is 4.60. The van der Waals surface area contributed by atoms with Crippen molar-refractivity contribution in [2.75, 3.05) is 11.4 Å². The molecule has 0 aliphatic heterocycles. The smallest absolute Gasteiger partial charge is 0.261 e. The Kier molecular flexibility index (Phi) is 3.41. The molecule has 2 aromatic rings. The Morgan fingerprint density at radius 3 is 2.94 bits per heavy atom. The summed E-state index contributed by atoms with van der Waals surface area (Å²) in [6.07, 6.45) is 4.82. The van der Waals surface area contributed by atoms with Crippen molar-refractivity contribution in [3.8, 4) is 5.69 Å². The van der Waals surface area contributed by atoms with Crippen molar-refractivity contribution in [1.29, 1.82) is 0 Å². The van der Waals surface area contributed by atoms with Crippen LogP contribution < -0.4 is 4.31 Å². The number of hydrogen-bond acceptors (Lipinski definition) is 3. The lowest BCUT2D eigenvalue weighted by molar-refractivity contribution is 0.562. The van der Waals surface area contributed by atoms with Gasteiger partial charge in [0.25, 0.3) is 11.3 Å². The van der Waals surface area contributed by atoms with Gasteiger partial charge in [0.15, 0.2) is 5.15 Å². The fraction of sp³-hybridized carbons (Fsp3) is 0.111. The van der Waals surface area contributed by atoms with E-state index in [-0.39, 0.29) is 5.15 Å². The third kappa shape index (κ3) is 2.46. The van der Waals surface area contributed by atoms with Crippen molar-refractivity contribution in [3.63, 3.8) is 0 Å². The van der Waals surface area contributed by atoms with E-state index >= 15 is 0 Å². The topological polar surface area (TPSA) is 71.2 Å². The van der Waals surface area contributed by atoms with Crippen molar-refractivity contribution in [1.82, 2.24) is 14.8 Å². The summed E-state index contributed by atoms with van der Waals surface area (Å²) >= 11 is 3.76. The molecule has 0 radical (unpaired) electrons. The first-order chi connectivity index (χ1) is 8.09. The van der Waals surface area contributed by atoms with Gasteiger partial charge in [-0.3, -0.25) is 13.8 Å². The minimum atomic E-state index is -2.13. The maximum absolute atomic E-state index is 10.9. The van der Waals surface area contributed by atoms with Gasteiger partial charge in [0.2, 0.25) is 0 Å². The van der Waals surface area contributed by atoms with Crippen LogP contribution in [0.2, 0.25) is 5.15 Å². The monoisotopic (exact) mass is 272 g/mol. The van der Waals surface area contributed by atoms with E-state index in [9.17, 15) is 4.21 Å². The number of pyridine rings is 1. The Labute approximate surface area is 105 Å². The van der Waals surface area contributed by atoms with E-state index in [0.29, 0.717) is 5.69 Å². The molecule has 0 aromatic carbocycles. The fourth-order valence-electron chi connectivity index (χ4n) is 1.26. The van der Waals surface area contributed by atoms with Crippen LogP contribution in [0.1, 0.15) is 0 Å². The zero-order valence-electron chi connectivity index (χ0n) is 8.82. The molecular formula is C9H9ClN4O2S. The van der Waals surface area contributed by atoms with Gasteiger partial charge in [-0.25, -0.2) is 8.89 Å². The maximum Gasteiger partial charge on any atom is 0.261 e. The predicted octanol–water partition coefficient (Wildman–Crippen LogP) is 1.49. The molecule has 1 unspecified atom stereocenters. The highest BCUT2D eigenvalue weighted by atomic mass is 35.5. The van der Waals surface area contributed by atoms with E-state index in [2.05, 4.69) is 10.1 Å². The van der Waals surface area contributed by atoms with Gasteiger partial charge in [-0.1, -0.05) is 11.6 Å². The minimum absolute atomic E-state index is 0.152. The Morgan fingerprint density at radius 1 is 1.59 bits per heavy atom. The van der Waals surface area contributed by atoms with E-state index in [1.165, 1.54) is 11.7 Å². The molecule has 1 atom stereocenters. The lowest BCUT2D eigenvalue weighted by atomic mass is 10.4. The number of nitrogens with zero attached hydrogens (tertiary/aromatic N) is 4. The SMILES string of the molecule is CN(c1cn(-c2cccnc2)nc1Cl)S(=O)O. The third-order valence-electron chi connectivity index (χ3n) is 2.14. The summed E-state index contributed by atoms with van der Waals surface area (Å²) in [4.78, 5) is 3.95. The summed E-state index contributed by atoms with van der Waals surface area (Å²) in [5.41, 5.74) is 1.09. The van der Waals surface area contributed by atoms with Gasteiger partial charge in [0.05, 0.1) is 18.1 Å². The standard InChI is InChI=1S/C9H9ClN4O2S/c1-13(17(15)16)8-6-14(12-9(8)10)7-3-2-4-11-5-7/h2-6H,1H3,(H,15,16). The van der Waals surface area contributed by atoms with Gasteiger partial charge in [-0.2, -0.15) is 5.10 Å². The van der Waals surface area contributed by atoms with E-state index in [0.717, 1.165) is 9.99 Å². The molecule has 0 spiro atoms. The summed E-state index contributed by atoms with van der Waals surface area (Å²) in [5, 5.41) is 4.19. The number of aromatic nitrogens is 3. The van der Waals surface area contributed by atoms with Gasteiger partial charge in [-0.05, 0) is 12.1 Å². The van der Waals surface area contributed by atoms with Crippen LogP contribution in [0, 0.1) is 0 Å². The quantitative estimate of drug-likeness (QED) is 0.860. The molecule has 0 bridgehead atoms. The van der Waals surface area contributed by atoms with Gasteiger partial charge in [0.1, 0.15) is 5.69 Å². The summed E-state index contributed by atoms with van der Waals surface area (Å²) in [5.74, 6) is 0. The highest BCUT2D eigenvalue weighted by Crippen LogP contribution is 2.25. The molecule has 0 aliphatic carbocycles. The Bertz CT molecular complexity index is 545. The molecule has 17 heavy (non-hydrogen) atoms. The van der Waals surface area contributed by atoms with Crippen molar-refractivity contribution >= 4 is 28.6 Å². The van der Waals surface area contributed by atoms with Crippen LogP contribution >= 0.6 is 11.6 Å². The Balaban J connectivity index is 2.41. The Morgan fingerprint density at radius 2 is 2.35 bits per heavy atom. The fourth-order valence-corrected chi connectivity index (χ4v) is 1.87. The Hall–Kier alpha value is -1.44. The van der Waals surface area contributed by atoms with Crippen LogP contribution in [-0.4, -0.2) is 30.6 Å². The number of anilines is 1. The molecule has 2 heterocycles. The van der Waals surface area contributed by atoms with Crippen LogP contribution in [0.25, 0.3) is 5.69 Å². The molecule has 90 valence electrons. The maximum atomic E-state index is 10.9. The van der Waals surface area contributed by atoms with Crippen molar-refractivity contribution in [2.45, 2.75) is 0 Å². The predicted molar refractivity (Wildman–Crippen MR) is 65.5 cm³/mol. The molecule has 8 heteroatoms. The average molecular weight is 273 g/mol. The second kappa shape index (κ2) is 4.82. The van der Waals surface area contributed by atoms with Crippen LogP contribution in [-0.2, 0) is 11.3 Å². The van der Waals surface area contributed by atoms with E-state index < -0.39 is 11.3 Å². The third-order valence-corrected chi connectivity index (χ3v) is 3.07.